The molecule has 1 heterocycles. The number of fused-ring (bicyclic) bond motifs is 1. The SMILES string of the molecule is CCC[CH2][Sn]([CH2]CCC)([CH2]CCC)[c]1cc2ccccc2n1S(=O)(=O)c1ccccc1. The third-order valence-electron chi connectivity index (χ3n) is 6.52. The molecule has 0 unspecified atom stereocenters. The Labute approximate surface area is 192 Å². The normalized spacial score (nSPS) is 12.5. The van der Waals surface area contributed by atoms with E-state index < -0.39 is 28.4 Å². The van der Waals surface area contributed by atoms with Gasteiger partial charge in [0.25, 0.3) is 0 Å². The zero-order valence-corrected chi connectivity index (χ0v) is 23.0. The van der Waals surface area contributed by atoms with E-state index in [1.807, 2.05) is 36.4 Å². The molecular formula is C26H37NO2SSn. The van der Waals surface area contributed by atoms with E-state index >= 15 is 0 Å². The van der Waals surface area contributed by atoms with Gasteiger partial charge in [-0.3, -0.25) is 0 Å². The van der Waals surface area contributed by atoms with Crippen molar-refractivity contribution in [2.75, 3.05) is 0 Å². The number of aromatic nitrogens is 1. The average molecular weight is 546 g/mol. The summed E-state index contributed by atoms with van der Waals surface area (Å²) in [5, 5.41) is 1.06. The van der Waals surface area contributed by atoms with Gasteiger partial charge in [-0.1, -0.05) is 0 Å². The minimum atomic E-state index is -3.64. The Bertz CT molecular complexity index is 1050. The van der Waals surface area contributed by atoms with Crippen LogP contribution in [0.1, 0.15) is 59.3 Å². The molecule has 3 rings (SSSR count). The number of rotatable bonds is 12. The van der Waals surface area contributed by atoms with Crippen molar-refractivity contribution < 1.29 is 8.42 Å². The van der Waals surface area contributed by atoms with Crippen molar-refractivity contribution in [1.82, 2.24) is 3.97 Å². The van der Waals surface area contributed by atoms with Gasteiger partial charge in [-0.25, -0.2) is 0 Å². The van der Waals surface area contributed by atoms with Crippen LogP contribution in [0.3, 0.4) is 0 Å². The van der Waals surface area contributed by atoms with Crippen LogP contribution in [0.25, 0.3) is 10.9 Å². The van der Waals surface area contributed by atoms with Gasteiger partial charge in [-0.2, -0.15) is 0 Å². The average Bonchev–Trinajstić information content (AvgIpc) is 3.20. The molecule has 0 radical (unpaired) electrons. The van der Waals surface area contributed by atoms with Gasteiger partial charge < -0.3 is 0 Å². The van der Waals surface area contributed by atoms with Gasteiger partial charge in [0, 0.05) is 0 Å². The van der Waals surface area contributed by atoms with Crippen molar-refractivity contribution >= 4 is 43.0 Å². The molecule has 0 saturated heterocycles. The summed E-state index contributed by atoms with van der Waals surface area (Å²) in [6.07, 6.45) is 7.12. The quantitative estimate of drug-likeness (QED) is 0.231. The number of benzene rings is 2. The fourth-order valence-electron chi connectivity index (χ4n) is 4.76. The molecule has 0 atom stereocenters. The Morgan fingerprint density at radius 1 is 0.742 bits per heavy atom. The summed E-state index contributed by atoms with van der Waals surface area (Å²) in [6, 6.07) is 19.3. The standard InChI is InChI=1S/C14H10NO2S.3C4H9.Sn/c16-18(17,13-7-2-1-3-8-13)15-11-10-12-6-4-5-9-14(12)15;3*1-3-4-2;/h1-10H;3*1,3-4H2,2H3;. The van der Waals surface area contributed by atoms with Crippen LogP contribution in [0.15, 0.2) is 65.6 Å². The molecule has 0 aliphatic carbocycles. The summed E-state index contributed by atoms with van der Waals surface area (Å²) in [5.41, 5.74) is 0.840. The van der Waals surface area contributed by atoms with Crippen LogP contribution in [0, 0.1) is 0 Å². The van der Waals surface area contributed by atoms with Crippen LogP contribution in [0.2, 0.25) is 13.3 Å². The van der Waals surface area contributed by atoms with E-state index in [1.54, 1.807) is 16.1 Å². The van der Waals surface area contributed by atoms with Gasteiger partial charge in [0.2, 0.25) is 0 Å². The van der Waals surface area contributed by atoms with Gasteiger partial charge >= 0.3 is 194 Å². The van der Waals surface area contributed by atoms with Crippen LogP contribution in [0.4, 0.5) is 0 Å². The van der Waals surface area contributed by atoms with E-state index in [0.717, 1.165) is 10.9 Å². The molecule has 3 nitrogen and oxygen atoms in total. The summed E-state index contributed by atoms with van der Waals surface area (Å²) >= 11 is -2.99. The molecule has 0 spiro atoms. The van der Waals surface area contributed by atoms with E-state index in [-0.39, 0.29) is 0 Å². The van der Waals surface area contributed by atoms with Crippen molar-refractivity contribution in [2.24, 2.45) is 0 Å². The number of para-hydroxylation sites is 1. The first-order chi connectivity index (χ1) is 15.0. The van der Waals surface area contributed by atoms with Gasteiger partial charge in [0.05, 0.1) is 0 Å². The Morgan fingerprint density at radius 2 is 1.26 bits per heavy atom. The van der Waals surface area contributed by atoms with Crippen LogP contribution in [-0.2, 0) is 10.0 Å². The van der Waals surface area contributed by atoms with Crippen molar-refractivity contribution in [3.8, 4) is 0 Å². The van der Waals surface area contributed by atoms with Crippen LogP contribution in [0.5, 0.6) is 0 Å². The van der Waals surface area contributed by atoms with E-state index in [9.17, 15) is 8.42 Å². The molecule has 1 aromatic heterocycles. The summed E-state index contributed by atoms with van der Waals surface area (Å²) in [6.45, 7) is 6.77. The third-order valence-corrected chi connectivity index (χ3v) is 24.1. The summed E-state index contributed by atoms with van der Waals surface area (Å²) < 4.78 is 34.7. The number of nitrogens with zero attached hydrogens (tertiary/aromatic N) is 1. The molecule has 3 aromatic rings. The molecule has 0 amide bonds. The molecule has 0 aliphatic rings. The Hall–Kier alpha value is -1.27. The first-order valence-electron chi connectivity index (χ1n) is 11.9. The molecule has 0 fully saturated rings. The Balaban J connectivity index is 2.31. The van der Waals surface area contributed by atoms with E-state index in [1.165, 1.54) is 55.5 Å². The zero-order valence-electron chi connectivity index (χ0n) is 19.3. The number of hydrogen-bond donors (Lipinski definition) is 0. The second kappa shape index (κ2) is 11.0. The van der Waals surface area contributed by atoms with Crippen molar-refractivity contribution in [1.29, 1.82) is 0 Å². The molecule has 5 heteroatoms. The summed E-state index contributed by atoms with van der Waals surface area (Å²) in [7, 11) is -3.64. The monoisotopic (exact) mass is 547 g/mol. The first kappa shape index (κ1) is 24.4. The molecule has 2 aromatic carbocycles. The van der Waals surface area contributed by atoms with Crippen LogP contribution < -0.4 is 3.71 Å². The van der Waals surface area contributed by atoms with E-state index in [0.29, 0.717) is 4.90 Å². The van der Waals surface area contributed by atoms with Crippen molar-refractivity contribution in [2.45, 2.75) is 77.5 Å². The number of hydrogen-bond acceptors (Lipinski definition) is 2. The molecule has 0 saturated carbocycles. The predicted octanol–water partition coefficient (Wildman–Crippen LogP) is 6.93. The van der Waals surface area contributed by atoms with Gasteiger partial charge in [-0.15, -0.1) is 0 Å². The van der Waals surface area contributed by atoms with Gasteiger partial charge in [0.15, 0.2) is 0 Å². The molecular weight excluding hydrogens is 509 g/mol. The Kier molecular flexibility index (Phi) is 8.68. The molecule has 0 bridgehead atoms. The fourth-order valence-corrected chi connectivity index (χ4v) is 24.6. The van der Waals surface area contributed by atoms with Crippen molar-refractivity contribution in [3.05, 3.63) is 60.7 Å². The molecule has 0 N–H and O–H groups in total. The first-order valence-corrected chi connectivity index (χ1v) is 20.8. The molecule has 0 aliphatic heterocycles. The summed E-state index contributed by atoms with van der Waals surface area (Å²) in [4.78, 5) is 0.388. The molecule has 31 heavy (non-hydrogen) atoms. The summed E-state index contributed by atoms with van der Waals surface area (Å²) in [5.74, 6) is 0. The van der Waals surface area contributed by atoms with Gasteiger partial charge in [0.1, 0.15) is 0 Å². The van der Waals surface area contributed by atoms with Gasteiger partial charge in [-0.05, 0) is 0 Å². The molecule has 168 valence electrons. The predicted molar refractivity (Wildman–Crippen MR) is 135 cm³/mol. The van der Waals surface area contributed by atoms with Crippen LogP contribution in [-0.4, -0.2) is 30.8 Å². The topological polar surface area (TPSA) is 39.1 Å². The van der Waals surface area contributed by atoms with E-state index in [4.69, 9.17) is 0 Å². The minimum absolute atomic E-state index is 0.388. The van der Waals surface area contributed by atoms with Crippen molar-refractivity contribution in [3.63, 3.8) is 0 Å². The second-order valence-electron chi connectivity index (χ2n) is 8.76. The maximum absolute atomic E-state index is 14.0. The maximum atomic E-state index is 14.0. The van der Waals surface area contributed by atoms with E-state index in [2.05, 4.69) is 32.9 Å². The second-order valence-corrected chi connectivity index (χ2v) is 23.6. The third kappa shape index (κ3) is 5.22. The Morgan fingerprint density at radius 3 is 1.81 bits per heavy atom. The zero-order chi connectivity index (χ0) is 22.3. The number of unbranched alkanes of at least 4 members (excludes halogenated alkanes) is 3. The van der Waals surface area contributed by atoms with Crippen LogP contribution >= 0.6 is 0 Å². The fraction of sp³-hybridized carbons (Fsp3) is 0.462.